The van der Waals surface area contributed by atoms with Crippen LogP contribution in [0.3, 0.4) is 0 Å². The van der Waals surface area contributed by atoms with Crippen LogP contribution in [0.1, 0.15) is 18.1 Å². The Labute approximate surface area is 174 Å². The van der Waals surface area contributed by atoms with E-state index in [4.69, 9.17) is 14.2 Å². The molecule has 1 aliphatic heterocycles. The van der Waals surface area contributed by atoms with Crippen LogP contribution in [0.4, 0.5) is 4.79 Å². The first-order valence-electron chi connectivity index (χ1n) is 9.27. The van der Waals surface area contributed by atoms with Crippen LogP contribution in [0.25, 0.3) is 6.08 Å². The molecule has 3 rings (SSSR count). The molecule has 2 aromatic carbocycles. The average Bonchev–Trinajstić information content (AvgIpc) is 2.96. The number of aryl methyl sites for hydroxylation is 1. The molecule has 1 fully saturated rings. The molecule has 0 unspecified atom stereocenters. The Kier molecular flexibility index (Phi) is 6.82. The van der Waals surface area contributed by atoms with E-state index >= 15 is 0 Å². The molecule has 29 heavy (non-hydrogen) atoms. The second-order valence-corrected chi connectivity index (χ2v) is 7.33. The second-order valence-electron chi connectivity index (χ2n) is 6.34. The average molecular weight is 413 g/mol. The number of hydrogen-bond donors (Lipinski definition) is 0. The summed E-state index contributed by atoms with van der Waals surface area (Å²) in [5, 5.41) is -0.298. The van der Waals surface area contributed by atoms with E-state index in [0.29, 0.717) is 28.8 Å². The first-order chi connectivity index (χ1) is 14.0. The zero-order valence-electron chi connectivity index (χ0n) is 16.6. The predicted molar refractivity (Wildman–Crippen MR) is 114 cm³/mol. The number of imide groups is 1. The number of benzene rings is 2. The maximum atomic E-state index is 12.7. The van der Waals surface area contributed by atoms with Crippen molar-refractivity contribution in [2.45, 2.75) is 13.8 Å². The van der Waals surface area contributed by atoms with Crippen molar-refractivity contribution < 1.29 is 23.8 Å². The summed E-state index contributed by atoms with van der Waals surface area (Å²) in [6.45, 7) is 4.80. The number of carbonyl (C=O) groups is 2. The maximum absolute atomic E-state index is 12.7. The van der Waals surface area contributed by atoms with Gasteiger partial charge in [0.2, 0.25) is 0 Å². The Balaban J connectivity index is 1.67. The molecule has 152 valence electrons. The first kappa shape index (κ1) is 20.8. The van der Waals surface area contributed by atoms with Crippen LogP contribution in [-0.2, 0) is 4.79 Å². The van der Waals surface area contributed by atoms with Gasteiger partial charge in [0, 0.05) is 0 Å². The Morgan fingerprint density at radius 3 is 2.62 bits per heavy atom. The van der Waals surface area contributed by atoms with Gasteiger partial charge in [-0.05, 0) is 67.1 Å². The third kappa shape index (κ3) is 5.12. The van der Waals surface area contributed by atoms with E-state index in [1.54, 1.807) is 25.3 Å². The SMILES string of the molecule is CCOc1cc(/C=C2\SC(=O)N(CCOc3cccc(C)c3)C2=O)ccc1OC. The summed E-state index contributed by atoms with van der Waals surface area (Å²) in [5.41, 5.74) is 1.85. The molecule has 1 saturated heterocycles. The number of amides is 2. The van der Waals surface area contributed by atoms with Crippen LogP contribution in [0.15, 0.2) is 47.4 Å². The highest BCUT2D eigenvalue weighted by Crippen LogP contribution is 2.34. The predicted octanol–water partition coefficient (Wildman–Crippen LogP) is 4.52. The van der Waals surface area contributed by atoms with Gasteiger partial charge in [0.15, 0.2) is 11.5 Å². The highest BCUT2D eigenvalue weighted by atomic mass is 32.2. The molecular weight excluding hydrogens is 390 g/mol. The van der Waals surface area contributed by atoms with Crippen LogP contribution < -0.4 is 14.2 Å². The van der Waals surface area contributed by atoms with Crippen LogP contribution in [-0.4, -0.2) is 42.9 Å². The van der Waals surface area contributed by atoms with Crippen LogP contribution >= 0.6 is 11.8 Å². The van der Waals surface area contributed by atoms with Gasteiger partial charge < -0.3 is 14.2 Å². The number of rotatable bonds is 8. The summed E-state index contributed by atoms with van der Waals surface area (Å²) in [6.07, 6.45) is 1.69. The summed E-state index contributed by atoms with van der Waals surface area (Å²) in [7, 11) is 1.57. The lowest BCUT2D eigenvalue weighted by Gasteiger charge is -2.13. The molecule has 6 nitrogen and oxygen atoms in total. The van der Waals surface area contributed by atoms with Crippen molar-refractivity contribution >= 4 is 29.0 Å². The number of ether oxygens (including phenoxy) is 3. The molecule has 0 aliphatic carbocycles. The quantitative estimate of drug-likeness (QED) is 0.593. The molecule has 7 heteroatoms. The lowest BCUT2D eigenvalue weighted by molar-refractivity contribution is -0.123. The fraction of sp³-hybridized carbons (Fsp3) is 0.273. The molecule has 1 heterocycles. The molecular formula is C22H23NO5S. The zero-order valence-corrected chi connectivity index (χ0v) is 17.5. The molecule has 2 amide bonds. The minimum atomic E-state index is -0.318. The fourth-order valence-electron chi connectivity index (χ4n) is 2.86. The third-order valence-electron chi connectivity index (χ3n) is 4.23. The summed E-state index contributed by atoms with van der Waals surface area (Å²) in [5.74, 6) is 1.61. The smallest absolute Gasteiger partial charge is 0.293 e. The van der Waals surface area contributed by atoms with Gasteiger partial charge in [0.05, 0.1) is 25.2 Å². The van der Waals surface area contributed by atoms with Crippen LogP contribution in [0.5, 0.6) is 17.2 Å². The van der Waals surface area contributed by atoms with E-state index in [0.717, 1.165) is 22.9 Å². The number of methoxy groups -OCH3 is 1. The van der Waals surface area contributed by atoms with Crippen molar-refractivity contribution in [1.29, 1.82) is 0 Å². The molecule has 0 bridgehead atoms. The van der Waals surface area contributed by atoms with E-state index in [9.17, 15) is 9.59 Å². The minimum absolute atomic E-state index is 0.197. The van der Waals surface area contributed by atoms with Gasteiger partial charge in [-0.15, -0.1) is 0 Å². The number of thioether (sulfide) groups is 1. The molecule has 0 aromatic heterocycles. The Morgan fingerprint density at radius 2 is 1.90 bits per heavy atom. The summed E-state index contributed by atoms with van der Waals surface area (Å²) >= 11 is 0.925. The van der Waals surface area contributed by atoms with E-state index in [2.05, 4.69) is 0 Å². The Morgan fingerprint density at radius 1 is 1.07 bits per heavy atom. The van der Waals surface area contributed by atoms with E-state index in [1.807, 2.05) is 44.2 Å². The largest absolute Gasteiger partial charge is 0.493 e. The third-order valence-corrected chi connectivity index (χ3v) is 5.14. The number of carbonyl (C=O) groups excluding carboxylic acids is 2. The van der Waals surface area contributed by atoms with Crippen molar-refractivity contribution in [3.05, 3.63) is 58.5 Å². The number of nitrogens with zero attached hydrogens (tertiary/aromatic N) is 1. The number of hydrogen-bond acceptors (Lipinski definition) is 6. The van der Waals surface area contributed by atoms with Crippen LogP contribution in [0.2, 0.25) is 0 Å². The van der Waals surface area contributed by atoms with Gasteiger partial charge >= 0.3 is 0 Å². The van der Waals surface area contributed by atoms with Gasteiger partial charge in [-0.3, -0.25) is 14.5 Å². The highest BCUT2D eigenvalue weighted by molar-refractivity contribution is 8.18. The minimum Gasteiger partial charge on any atom is -0.493 e. The van der Waals surface area contributed by atoms with E-state index < -0.39 is 0 Å². The van der Waals surface area contributed by atoms with Gasteiger partial charge in [0.1, 0.15) is 12.4 Å². The Bertz CT molecular complexity index is 941. The monoisotopic (exact) mass is 413 g/mol. The summed E-state index contributed by atoms with van der Waals surface area (Å²) < 4.78 is 16.5. The normalized spacial score (nSPS) is 15.1. The lowest BCUT2D eigenvalue weighted by atomic mass is 10.2. The van der Waals surface area contributed by atoms with Crippen molar-refractivity contribution in [1.82, 2.24) is 4.90 Å². The molecule has 0 atom stereocenters. The molecule has 0 N–H and O–H groups in total. The molecule has 2 aromatic rings. The van der Waals surface area contributed by atoms with Crippen molar-refractivity contribution in [2.24, 2.45) is 0 Å². The Hall–Kier alpha value is -2.93. The van der Waals surface area contributed by atoms with E-state index in [1.165, 1.54) is 4.90 Å². The molecule has 0 saturated carbocycles. The zero-order chi connectivity index (χ0) is 20.8. The van der Waals surface area contributed by atoms with Crippen molar-refractivity contribution in [2.75, 3.05) is 26.9 Å². The first-order valence-corrected chi connectivity index (χ1v) is 10.1. The molecule has 0 spiro atoms. The van der Waals surface area contributed by atoms with Crippen molar-refractivity contribution in [3.8, 4) is 17.2 Å². The van der Waals surface area contributed by atoms with Gasteiger partial charge in [-0.2, -0.15) is 0 Å². The molecule has 1 aliphatic rings. The standard InChI is InChI=1S/C22H23NO5S/c1-4-27-19-13-16(8-9-18(19)26-3)14-20-21(24)23(22(25)29-20)10-11-28-17-7-5-6-15(2)12-17/h5-9,12-14H,4,10-11H2,1-3H3/b20-14-. The molecule has 0 radical (unpaired) electrons. The van der Waals surface area contributed by atoms with Crippen LogP contribution in [0, 0.1) is 6.92 Å². The fourth-order valence-corrected chi connectivity index (χ4v) is 3.72. The maximum Gasteiger partial charge on any atom is 0.293 e. The van der Waals surface area contributed by atoms with Gasteiger partial charge in [-0.25, -0.2) is 0 Å². The van der Waals surface area contributed by atoms with Gasteiger partial charge in [-0.1, -0.05) is 18.2 Å². The summed E-state index contributed by atoms with van der Waals surface area (Å²) in [4.78, 5) is 26.5. The topological polar surface area (TPSA) is 65.1 Å². The van der Waals surface area contributed by atoms with Gasteiger partial charge in [0.25, 0.3) is 11.1 Å². The highest BCUT2D eigenvalue weighted by Gasteiger charge is 2.34. The second kappa shape index (κ2) is 9.52. The van der Waals surface area contributed by atoms with Crippen molar-refractivity contribution in [3.63, 3.8) is 0 Å². The van der Waals surface area contributed by atoms with E-state index in [-0.39, 0.29) is 24.3 Å². The lowest BCUT2D eigenvalue weighted by Crippen LogP contribution is -2.32. The summed E-state index contributed by atoms with van der Waals surface area (Å²) in [6, 6.07) is 13.0.